The summed E-state index contributed by atoms with van der Waals surface area (Å²) in [6.07, 6.45) is 3.79. The van der Waals surface area contributed by atoms with Crippen LogP contribution in [-0.2, 0) is 27.8 Å². The van der Waals surface area contributed by atoms with Crippen molar-refractivity contribution < 1.29 is 17.9 Å². The largest absolute Gasteiger partial charge is 0.497 e. The topological polar surface area (TPSA) is 75.7 Å². The lowest BCUT2D eigenvalue weighted by Crippen LogP contribution is -2.41. The summed E-state index contributed by atoms with van der Waals surface area (Å²) >= 11 is 6.16. The Morgan fingerprint density at radius 3 is 2.72 bits per heavy atom. The summed E-state index contributed by atoms with van der Waals surface area (Å²) in [5.41, 5.74) is 2.86. The van der Waals surface area contributed by atoms with Gasteiger partial charge in [0, 0.05) is 11.6 Å². The van der Waals surface area contributed by atoms with E-state index in [9.17, 15) is 13.2 Å². The second kappa shape index (κ2) is 9.15. The minimum atomic E-state index is -3.59. The molecule has 0 aromatic heterocycles. The van der Waals surface area contributed by atoms with Crippen LogP contribution in [0.1, 0.15) is 35.6 Å². The van der Waals surface area contributed by atoms with Gasteiger partial charge < -0.3 is 10.1 Å². The molecule has 3 rings (SSSR count). The van der Waals surface area contributed by atoms with Crippen molar-refractivity contribution >= 4 is 27.5 Å². The monoisotopic (exact) mass is 436 g/mol. The molecule has 29 heavy (non-hydrogen) atoms. The third kappa shape index (κ3) is 5.50. The number of sulfonamides is 1. The smallest absolute Gasteiger partial charge is 0.235 e. The van der Waals surface area contributed by atoms with Crippen molar-refractivity contribution in [3.63, 3.8) is 0 Å². The van der Waals surface area contributed by atoms with Gasteiger partial charge in [0.15, 0.2) is 0 Å². The fraction of sp³-hybridized carbons (Fsp3) is 0.381. The maximum Gasteiger partial charge on any atom is 0.235 e. The predicted octanol–water partition coefficient (Wildman–Crippen LogP) is 3.30. The minimum Gasteiger partial charge on any atom is -0.497 e. The summed E-state index contributed by atoms with van der Waals surface area (Å²) in [4.78, 5) is 12.7. The van der Waals surface area contributed by atoms with Crippen molar-refractivity contribution in [2.75, 3.05) is 19.9 Å². The van der Waals surface area contributed by atoms with Crippen molar-refractivity contribution in [1.82, 2.24) is 9.62 Å². The fourth-order valence-corrected chi connectivity index (χ4v) is 4.50. The summed E-state index contributed by atoms with van der Waals surface area (Å²) in [5, 5.41) is 3.47. The Morgan fingerprint density at radius 1 is 1.28 bits per heavy atom. The highest BCUT2D eigenvalue weighted by Gasteiger charge is 2.26. The second-order valence-corrected chi connectivity index (χ2v) is 9.59. The fourth-order valence-electron chi connectivity index (χ4n) is 3.57. The average Bonchev–Trinajstić information content (AvgIpc) is 2.68. The number of fused-ring (bicyclic) bond motifs is 1. The number of rotatable bonds is 7. The Balaban J connectivity index is 1.72. The van der Waals surface area contributed by atoms with Crippen molar-refractivity contribution in [2.24, 2.45) is 0 Å². The van der Waals surface area contributed by atoms with E-state index in [1.165, 1.54) is 0 Å². The van der Waals surface area contributed by atoms with Crippen molar-refractivity contribution in [1.29, 1.82) is 0 Å². The maximum atomic E-state index is 12.7. The number of benzene rings is 2. The van der Waals surface area contributed by atoms with Gasteiger partial charge in [-0.15, -0.1) is 0 Å². The maximum absolute atomic E-state index is 12.7. The first kappa shape index (κ1) is 21.6. The van der Waals surface area contributed by atoms with E-state index < -0.39 is 10.0 Å². The third-order valence-electron chi connectivity index (χ3n) is 5.09. The lowest BCUT2D eigenvalue weighted by Gasteiger charge is -2.28. The lowest BCUT2D eigenvalue weighted by molar-refractivity contribution is -0.122. The second-order valence-electron chi connectivity index (χ2n) is 7.20. The van der Waals surface area contributed by atoms with Crippen LogP contribution in [-0.4, -0.2) is 38.5 Å². The Bertz CT molecular complexity index is 994. The van der Waals surface area contributed by atoms with Gasteiger partial charge in [0.05, 0.1) is 26.0 Å². The Hall–Kier alpha value is -2.09. The molecule has 8 heteroatoms. The number of carbonyl (C=O) groups excluding carboxylic acids is 1. The van der Waals surface area contributed by atoms with Crippen LogP contribution in [0.3, 0.4) is 0 Å². The number of hydrogen-bond donors (Lipinski definition) is 1. The molecule has 1 aliphatic carbocycles. The van der Waals surface area contributed by atoms with Crippen LogP contribution in [0.2, 0.25) is 5.02 Å². The molecule has 1 aliphatic rings. The molecule has 6 nitrogen and oxygen atoms in total. The minimum absolute atomic E-state index is 0.0460. The van der Waals surface area contributed by atoms with E-state index in [4.69, 9.17) is 16.3 Å². The SMILES string of the molecule is COc1ccc2c(c1)CCC[C@@H]2NC(=O)CN(Cc1ccccc1Cl)S(C)(=O)=O. The zero-order valence-electron chi connectivity index (χ0n) is 16.5. The number of amides is 1. The molecule has 1 N–H and O–H groups in total. The molecule has 0 bridgehead atoms. The van der Waals surface area contributed by atoms with Crippen LogP contribution in [0.25, 0.3) is 0 Å². The van der Waals surface area contributed by atoms with Crippen LogP contribution in [0.5, 0.6) is 5.75 Å². The van der Waals surface area contributed by atoms with E-state index >= 15 is 0 Å². The molecular weight excluding hydrogens is 412 g/mol. The highest BCUT2D eigenvalue weighted by atomic mass is 35.5. The van der Waals surface area contributed by atoms with Crippen molar-refractivity contribution in [3.8, 4) is 5.75 Å². The molecule has 1 amide bonds. The van der Waals surface area contributed by atoms with Gasteiger partial charge in [0.25, 0.3) is 0 Å². The first-order chi connectivity index (χ1) is 13.8. The molecule has 0 saturated heterocycles. The summed E-state index contributed by atoms with van der Waals surface area (Å²) < 4.78 is 30.9. The van der Waals surface area contributed by atoms with Gasteiger partial charge >= 0.3 is 0 Å². The van der Waals surface area contributed by atoms with E-state index in [1.807, 2.05) is 18.2 Å². The molecule has 0 aliphatic heterocycles. The number of aryl methyl sites for hydroxylation is 1. The third-order valence-corrected chi connectivity index (χ3v) is 6.66. The molecular formula is C21H25ClN2O4S. The van der Waals surface area contributed by atoms with Crippen molar-refractivity contribution in [2.45, 2.75) is 31.8 Å². The first-order valence-electron chi connectivity index (χ1n) is 9.42. The van der Waals surface area contributed by atoms with Gasteiger partial charge in [-0.3, -0.25) is 4.79 Å². The normalized spacial score (nSPS) is 16.3. The Labute approximate surface area is 176 Å². The lowest BCUT2D eigenvalue weighted by atomic mass is 9.87. The number of hydrogen-bond acceptors (Lipinski definition) is 4. The van der Waals surface area contributed by atoms with Crippen LogP contribution in [0.15, 0.2) is 42.5 Å². The van der Waals surface area contributed by atoms with Gasteiger partial charge in [-0.25, -0.2) is 8.42 Å². The molecule has 0 saturated carbocycles. The summed E-state index contributed by atoms with van der Waals surface area (Å²) in [5.74, 6) is 0.454. The van der Waals surface area contributed by atoms with Crippen LogP contribution < -0.4 is 10.1 Å². The van der Waals surface area contributed by atoms with Crippen LogP contribution in [0.4, 0.5) is 0 Å². The molecule has 156 valence electrons. The van der Waals surface area contributed by atoms with Crippen LogP contribution in [0, 0.1) is 0 Å². The number of ether oxygens (including phenoxy) is 1. The molecule has 0 spiro atoms. The number of nitrogens with one attached hydrogen (secondary N) is 1. The molecule has 2 aromatic rings. The molecule has 2 aromatic carbocycles. The first-order valence-corrected chi connectivity index (χ1v) is 11.7. The van der Waals surface area contributed by atoms with Gasteiger partial charge in [0.2, 0.25) is 15.9 Å². The van der Waals surface area contributed by atoms with Crippen LogP contribution >= 0.6 is 11.6 Å². The number of nitrogens with zero attached hydrogens (tertiary/aromatic N) is 1. The summed E-state index contributed by atoms with van der Waals surface area (Å²) in [6.45, 7) is -0.212. The summed E-state index contributed by atoms with van der Waals surface area (Å²) in [6, 6.07) is 12.7. The standard InChI is InChI=1S/C21H25ClN2O4S/c1-28-17-10-11-18-15(12-17)7-5-9-20(18)23-21(25)14-24(29(2,26)27)13-16-6-3-4-8-19(16)22/h3-4,6,8,10-12,20H,5,7,9,13-14H2,1-2H3,(H,23,25)/t20-/m0/s1. The van der Waals surface area contributed by atoms with E-state index in [1.54, 1.807) is 31.4 Å². The Kier molecular flexibility index (Phi) is 6.82. The summed E-state index contributed by atoms with van der Waals surface area (Å²) in [7, 11) is -1.96. The Morgan fingerprint density at radius 2 is 2.03 bits per heavy atom. The number of halogens is 1. The highest BCUT2D eigenvalue weighted by Crippen LogP contribution is 2.32. The zero-order valence-corrected chi connectivity index (χ0v) is 18.1. The van der Waals surface area contributed by atoms with Gasteiger partial charge in [-0.1, -0.05) is 35.9 Å². The molecule has 0 heterocycles. The van der Waals surface area contributed by atoms with E-state index in [-0.39, 0.29) is 25.0 Å². The highest BCUT2D eigenvalue weighted by molar-refractivity contribution is 7.88. The van der Waals surface area contributed by atoms with E-state index in [0.29, 0.717) is 10.6 Å². The molecule has 0 fully saturated rings. The molecule has 0 unspecified atom stereocenters. The quantitative estimate of drug-likeness (QED) is 0.722. The van der Waals surface area contributed by atoms with Gasteiger partial charge in [-0.05, 0) is 54.2 Å². The number of carbonyl (C=O) groups is 1. The average molecular weight is 437 g/mol. The van der Waals surface area contributed by atoms with E-state index in [0.717, 1.165) is 46.7 Å². The van der Waals surface area contributed by atoms with Crippen molar-refractivity contribution in [3.05, 3.63) is 64.2 Å². The zero-order chi connectivity index (χ0) is 21.0. The predicted molar refractivity (Wildman–Crippen MR) is 114 cm³/mol. The van der Waals surface area contributed by atoms with E-state index in [2.05, 4.69) is 5.32 Å². The number of methoxy groups -OCH3 is 1. The van der Waals surface area contributed by atoms with Gasteiger partial charge in [-0.2, -0.15) is 4.31 Å². The molecule has 1 atom stereocenters. The van der Waals surface area contributed by atoms with Gasteiger partial charge in [0.1, 0.15) is 5.75 Å². The molecule has 0 radical (unpaired) electrons.